The van der Waals surface area contributed by atoms with Gasteiger partial charge in [0.1, 0.15) is 0 Å². The molecule has 0 aromatic rings. The van der Waals surface area contributed by atoms with Gasteiger partial charge in [0.15, 0.2) is 0 Å². The topological polar surface area (TPSA) is 90.5 Å². The van der Waals surface area contributed by atoms with Gasteiger partial charge in [-0.05, 0) is 26.4 Å². The summed E-state index contributed by atoms with van der Waals surface area (Å²) < 4.78 is 0. The van der Waals surface area contributed by atoms with Crippen LogP contribution in [-0.2, 0) is 4.79 Å². The molecule has 0 fully saturated rings. The summed E-state index contributed by atoms with van der Waals surface area (Å²) in [5, 5.41) is 16.9. The maximum Gasteiger partial charge on any atom is 0.315 e. The Morgan fingerprint density at radius 1 is 1.31 bits per heavy atom. The van der Waals surface area contributed by atoms with E-state index in [1.165, 1.54) is 0 Å². The molecule has 0 saturated heterocycles. The van der Waals surface area contributed by atoms with Gasteiger partial charge in [-0.2, -0.15) is 0 Å². The van der Waals surface area contributed by atoms with Crippen molar-refractivity contribution in [1.29, 1.82) is 0 Å². The summed E-state index contributed by atoms with van der Waals surface area (Å²) in [6, 6.07) is -0.606. The summed E-state index contributed by atoms with van der Waals surface area (Å²) in [5.74, 6) is -0.901. The van der Waals surface area contributed by atoms with Crippen LogP contribution in [0.4, 0.5) is 4.79 Å². The van der Waals surface area contributed by atoms with Gasteiger partial charge < -0.3 is 21.1 Å². The monoisotopic (exact) mass is 231 g/mol. The van der Waals surface area contributed by atoms with Crippen LogP contribution in [0.3, 0.4) is 0 Å². The summed E-state index contributed by atoms with van der Waals surface area (Å²) in [4.78, 5) is 21.8. The Morgan fingerprint density at radius 3 is 2.50 bits per heavy atom. The van der Waals surface area contributed by atoms with Crippen molar-refractivity contribution >= 4 is 12.0 Å². The minimum Gasteiger partial charge on any atom is -0.481 e. The second-order valence-electron chi connectivity index (χ2n) is 3.56. The first-order valence-corrected chi connectivity index (χ1v) is 5.50. The smallest absolute Gasteiger partial charge is 0.315 e. The summed E-state index contributed by atoms with van der Waals surface area (Å²) in [5.41, 5.74) is 0. The predicted molar refractivity (Wildman–Crippen MR) is 61.4 cm³/mol. The number of rotatable bonds is 8. The second-order valence-corrected chi connectivity index (χ2v) is 3.56. The number of aliphatic carboxylic acids is 1. The van der Waals surface area contributed by atoms with Crippen molar-refractivity contribution in [3.8, 4) is 0 Å². The number of carbonyl (C=O) groups is 2. The zero-order valence-corrected chi connectivity index (χ0v) is 9.88. The Morgan fingerprint density at radius 2 is 2.00 bits per heavy atom. The van der Waals surface area contributed by atoms with Gasteiger partial charge in [-0.1, -0.05) is 6.92 Å². The lowest BCUT2D eigenvalue weighted by Crippen LogP contribution is -2.43. The minimum atomic E-state index is -0.901. The van der Waals surface area contributed by atoms with Gasteiger partial charge in [-0.25, -0.2) is 4.79 Å². The number of nitrogens with one attached hydrogen (secondary N) is 3. The van der Waals surface area contributed by atoms with Crippen molar-refractivity contribution in [2.24, 2.45) is 0 Å². The molecule has 0 saturated carbocycles. The predicted octanol–water partition coefficient (Wildman–Crippen LogP) is 0.148. The van der Waals surface area contributed by atoms with Crippen molar-refractivity contribution in [3.05, 3.63) is 0 Å². The second kappa shape index (κ2) is 8.96. The first kappa shape index (κ1) is 14.7. The number of carboxylic acids is 1. The van der Waals surface area contributed by atoms with Crippen LogP contribution in [0.15, 0.2) is 0 Å². The van der Waals surface area contributed by atoms with Gasteiger partial charge in [0.25, 0.3) is 0 Å². The molecule has 0 aliphatic rings. The normalized spacial score (nSPS) is 11.9. The highest BCUT2D eigenvalue weighted by Crippen LogP contribution is 1.96. The highest BCUT2D eigenvalue weighted by molar-refractivity contribution is 5.75. The maximum atomic E-state index is 11.3. The van der Waals surface area contributed by atoms with Crippen LogP contribution in [0.5, 0.6) is 0 Å². The Balaban J connectivity index is 3.70. The van der Waals surface area contributed by atoms with E-state index in [0.29, 0.717) is 13.0 Å². The van der Waals surface area contributed by atoms with Crippen molar-refractivity contribution in [3.63, 3.8) is 0 Å². The van der Waals surface area contributed by atoms with E-state index in [2.05, 4.69) is 16.0 Å². The molecule has 6 nitrogen and oxygen atoms in total. The van der Waals surface area contributed by atoms with Crippen LogP contribution >= 0.6 is 0 Å². The largest absolute Gasteiger partial charge is 0.481 e. The van der Waals surface area contributed by atoms with E-state index in [9.17, 15) is 9.59 Å². The van der Waals surface area contributed by atoms with E-state index in [-0.39, 0.29) is 18.5 Å². The molecule has 94 valence electrons. The third kappa shape index (κ3) is 8.05. The summed E-state index contributed by atoms with van der Waals surface area (Å²) in [6.07, 6.45) is 1.41. The van der Waals surface area contributed by atoms with Crippen LogP contribution in [0.1, 0.15) is 26.2 Å². The minimum absolute atomic E-state index is 0.0412. The van der Waals surface area contributed by atoms with E-state index in [1.54, 1.807) is 0 Å². The summed E-state index contributed by atoms with van der Waals surface area (Å²) in [6.45, 7) is 3.26. The van der Waals surface area contributed by atoms with Gasteiger partial charge in [-0.3, -0.25) is 4.79 Å². The fraction of sp³-hybridized carbons (Fsp3) is 0.800. The average molecular weight is 231 g/mol. The average Bonchev–Trinajstić information content (AvgIpc) is 2.23. The lowest BCUT2D eigenvalue weighted by Gasteiger charge is -2.15. The molecule has 0 aliphatic heterocycles. The molecule has 0 spiro atoms. The Labute approximate surface area is 95.8 Å². The standard InChI is InChI=1S/C10H21N3O3/c1-3-8(7-9(14)15)13-10(16)12-6-4-5-11-2/h8,11H,3-7H2,1-2H3,(H,14,15)(H2,12,13,16). The fourth-order valence-electron chi connectivity index (χ4n) is 1.21. The van der Waals surface area contributed by atoms with Gasteiger partial charge in [0, 0.05) is 12.6 Å². The van der Waals surface area contributed by atoms with Crippen molar-refractivity contribution < 1.29 is 14.7 Å². The molecule has 6 heteroatoms. The van der Waals surface area contributed by atoms with Crippen LogP contribution in [0.2, 0.25) is 0 Å². The summed E-state index contributed by atoms with van der Waals surface area (Å²) >= 11 is 0. The molecule has 4 N–H and O–H groups in total. The maximum absolute atomic E-state index is 11.3. The molecule has 1 atom stereocenters. The third-order valence-electron chi connectivity index (χ3n) is 2.14. The molecular weight excluding hydrogens is 210 g/mol. The Kier molecular flexibility index (Phi) is 8.24. The molecule has 0 aliphatic carbocycles. The Bertz CT molecular complexity index is 221. The Hall–Kier alpha value is -1.30. The number of hydrogen-bond donors (Lipinski definition) is 4. The van der Waals surface area contributed by atoms with E-state index in [4.69, 9.17) is 5.11 Å². The number of hydrogen-bond acceptors (Lipinski definition) is 3. The van der Waals surface area contributed by atoms with Crippen LogP contribution in [0, 0.1) is 0 Å². The SMILES string of the molecule is CCC(CC(=O)O)NC(=O)NCCCNC. The van der Waals surface area contributed by atoms with Crippen molar-refractivity contribution in [1.82, 2.24) is 16.0 Å². The van der Waals surface area contributed by atoms with Crippen LogP contribution < -0.4 is 16.0 Å². The first-order chi connectivity index (χ1) is 7.60. The lowest BCUT2D eigenvalue weighted by molar-refractivity contribution is -0.137. The van der Waals surface area contributed by atoms with Gasteiger partial charge in [0.2, 0.25) is 0 Å². The molecule has 1 unspecified atom stereocenters. The molecule has 2 amide bonds. The molecule has 0 rings (SSSR count). The summed E-state index contributed by atoms with van der Waals surface area (Å²) in [7, 11) is 1.85. The van der Waals surface area contributed by atoms with Gasteiger partial charge >= 0.3 is 12.0 Å². The van der Waals surface area contributed by atoms with Gasteiger partial charge in [-0.15, -0.1) is 0 Å². The number of carboxylic acid groups (broad SMARTS) is 1. The van der Waals surface area contributed by atoms with Crippen molar-refractivity contribution in [2.75, 3.05) is 20.1 Å². The van der Waals surface area contributed by atoms with E-state index >= 15 is 0 Å². The molecule has 16 heavy (non-hydrogen) atoms. The van der Waals surface area contributed by atoms with Crippen molar-refractivity contribution in [2.45, 2.75) is 32.2 Å². The zero-order chi connectivity index (χ0) is 12.4. The number of carbonyl (C=O) groups excluding carboxylic acids is 1. The van der Waals surface area contributed by atoms with E-state index in [1.807, 2.05) is 14.0 Å². The third-order valence-corrected chi connectivity index (χ3v) is 2.14. The molecule has 0 radical (unpaired) electrons. The lowest BCUT2D eigenvalue weighted by atomic mass is 10.1. The highest BCUT2D eigenvalue weighted by Gasteiger charge is 2.13. The van der Waals surface area contributed by atoms with Crippen LogP contribution in [0.25, 0.3) is 0 Å². The quantitative estimate of drug-likeness (QED) is 0.447. The first-order valence-electron chi connectivity index (χ1n) is 5.50. The van der Waals surface area contributed by atoms with Gasteiger partial charge in [0.05, 0.1) is 6.42 Å². The van der Waals surface area contributed by atoms with E-state index in [0.717, 1.165) is 13.0 Å². The highest BCUT2D eigenvalue weighted by atomic mass is 16.4. The zero-order valence-electron chi connectivity index (χ0n) is 9.88. The number of urea groups is 1. The molecule has 0 heterocycles. The van der Waals surface area contributed by atoms with Crippen LogP contribution in [-0.4, -0.2) is 43.3 Å². The fourth-order valence-corrected chi connectivity index (χ4v) is 1.21. The van der Waals surface area contributed by atoms with E-state index < -0.39 is 5.97 Å². The molecule has 0 bridgehead atoms. The molecule has 0 aromatic carbocycles. The number of amides is 2. The molecule has 0 aromatic heterocycles. The molecular formula is C10H21N3O3.